The van der Waals surface area contributed by atoms with E-state index in [1.54, 1.807) is 13.2 Å². The highest BCUT2D eigenvalue weighted by molar-refractivity contribution is 5.92. The Bertz CT molecular complexity index is 389. The van der Waals surface area contributed by atoms with Crippen molar-refractivity contribution in [2.24, 2.45) is 5.92 Å². The molecule has 2 N–H and O–H groups in total. The summed E-state index contributed by atoms with van der Waals surface area (Å²) in [6.45, 7) is 2.03. The van der Waals surface area contributed by atoms with Crippen LogP contribution in [-0.2, 0) is 0 Å². The number of hydrogen-bond donors (Lipinski definition) is 2. The van der Waals surface area contributed by atoms with Gasteiger partial charge in [-0.15, -0.1) is 0 Å². The van der Waals surface area contributed by atoms with Gasteiger partial charge in [0.15, 0.2) is 0 Å². The number of nitrogens with one attached hydrogen (secondary N) is 2. The third-order valence-corrected chi connectivity index (χ3v) is 2.81. The Balaban J connectivity index is 2.01. The van der Waals surface area contributed by atoms with Gasteiger partial charge in [-0.25, -0.2) is 4.98 Å². The fourth-order valence-electron chi connectivity index (χ4n) is 1.59. The van der Waals surface area contributed by atoms with Crippen LogP contribution in [0.15, 0.2) is 12.4 Å². The number of nitrogens with zero attached hydrogens (tertiary/aromatic N) is 2. The van der Waals surface area contributed by atoms with E-state index < -0.39 is 0 Å². The molecule has 5 heteroatoms. The third kappa shape index (κ3) is 2.48. The van der Waals surface area contributed by atoms with Crippen molar-refractivity contribution >= 4 is 11.7 Å². The van der Waals surface area contributed by atoms with E-state index in [-0.39, 0.29) is 11.9 Å². The molecule has 1 unspecified atom stereocenters. The number of carbonyl (C=O) groups excluding carboxylic acids is 1. The summed E-state index contributed by atoms with van der Waals surface area (Å²) in [5, 5.41) is 5.80. The molecule has 1 aromatic heterocycles. The third-order valence-electron chi connectivity index (χ3n) is 2.81. The normalized spacial score (nSPS) is 16.6. The summed E-state index contributed by atoms with van der Waals surface area (Å²) in [5.41, 5.74) is 0.361. The molecule has 1 heterocycles. The van der Waals surface area contributed by atoms with Crippen LogP contribution in [0.3, 0.4) is 0 Å². The smallest absolute Gasteiger partial charge is 0.271 e. The Morgan fingerprint density at radius 1 is 1.50 bits per heavy atom. The first kappa shape index (κ1) is 10.9. The van der Waals surface area contributed by atoms with Gasteiger partial charge in [0.2, 0.25) is 0 Å². The van der Waals surface area contributed by atoms with E-state index in [1.807, 2.05) is 6.92 Å². The molecular formula is C11H16N4O. The molecule has 1 aromatic rings. The second-order valence-corrected chi connectivity index (χ2v) is 4.14. The van der Waals surface area contributed by atoms with Gasteiger partial charge in [0.05, 0.1) is 12.4 Å². The number of amides is 1. The summed E-state index contributed by atoms with van der Waals surface area (Å²) in [7, 11) is 1.75. The van der Waals surface area contributed by atoms with Crippen LogP contribution in [0.5, 0.6) is 0 Å². The summed E-state index contributed by atoms with van der Waals surface area (Å²) in [5.74, 6) is 1.10. The van der Waals surface area contributed by atoms with Gasteiger partial charge in [0.25, 0.3) is 5.91 Å². The molecule has 86 valence electrons. The Hall–Kier alpha value is -1.65. The van der Waals surface area contributed by atoms with Gasteiger partial charge in [-0.1, -0.05) is 0 Å². The number of anilines is 1. The number of aromatic nitrogens is 2. The number of rotatable bonds is 4. The molecule has 2 rings (SSSR count). The molecule has 1 amide bonds. The van der Waals surface area contributed by atoms with E-state index >= 15 is 0 Å². The van der Waals surface area contributed by atoms with E-state index in [9.17, 15) is 4.79 Å². The van der Waals surface area contributed by atoms with Crippen molar-refractivity contribution in [3.8, 4) is 0 Å². The monoisotopic (exact) mass is 220 g/mol. The summed E-state index contributed by atoms with van der Waals surface area (Å²) in [6.07, 6.45) is 5.49. The molecule has 1 saturated carbocycles. The van der Waals surface area contributed by atoms with Crippen LogP contribution in [0.2, 0.25) is 0 Å². The molecule has 0 saturated heterocycles. The lowest BCUT2D eigenvalue weighted by Gasteiger charge is -2.12. The minimum Gasteiger partial charge on any atom is -0.372 e. The lowest BCUT2D eigenvalue weighted by atomic mass is 10.2. The number of hydrogen-bond acceptors (Lipinski definition) is 4. The predicted octanol–water partition coefficient (Wildman–Crippen LogP) is 1.05. The Kier molecular flexibility index (Phi) is 3.03. The van der Waals surface area contributed by atoms with Crippen molar-refractivity contribution in [3.63, 3.8) is 0 Å². The number of carbonyl (C=O) groups is 1. The van der Waals surface area contributed by atoms with Crippen molar-refractivity contribution < 1.29 is 4.79 Å². The van der Waals surface area contributed by atoms with E-state index in [4.69, 9.17) is 0 Å². The van der Waals surface area contributed by atoms with Gasteiger partial charge in [-0.3, -0.25) is 9.78 Å². The Morgan fingerprint density at radius 2 is 2.25 bits per heavy atom. The molecule has 1 aliphatic rings. The Morgan fingerprint density at radius 3 is 2.88 bits per heavy atom. The van der Waals surface area contributed by atoms with Gasteiger partial charge in [-0.05, 0) is 25.7 Å². The van der Waals surface area contributed by atoms with Crippen molar-refractivity contribution in [2.75, 3.05) is 12.4 Å². The van der Waals surface area contributed by atoms with E-state index in [2.05, 4.69) is 20.6 Å². The van der Waals surface area contributed by atoms with Crippen LogP contribution in [0.1, 0.15) is 30.3 Å². The van der Waals surface area contributed by atoms with Gasteiger partial charge in [0, 0.05) is 13.1 Å². The van der Waals surface area contributed by atoms with Crippen molar-refractivity contribution in [3.05, 3.63) is 18.1 Å². The molecule has 1 atom stereocenters. The molecule has 1 fully saturated rings. The van der Waals surface area contributed by atoms with Crippen molar-refractivity contribution in [1.29, 1.82) is 0 Å². The molecule has 0 bridgehead atoms. The fourth-order valence-corrected chi connectivity index (χ4v) is 1.59. The summed E-state index contributed by atoms with van der Waals surface area (Å²) >= 11 is 0. The van der Waals surface area contributed by atoms with Crippen LogP contribution in [-0.4, -0.2) is 29.0 Å². The molecular weight excluding hydrogens is 204 g/mol. The first-order valence-corrected chi connectivity index (χ1v) is 5.51. The maximum atomic E-state index is 11.8. The highest BCUT2D eigenvalue weighted by Crippen LogP contribution is 2.32. The zero-order valence-electron chi connectivity index (χ0n) is 9.53. The summed E-state index contributed by atoms with van der Waals surface area (Å²) in [6, 6.07) is 0.229. The zero-order valence-corrected chi connectivity index (χ0v) is 9.53. The largest absolute Gasteiger partial charge is 0.372 e. The van der Waals surface area contributed by atoms with Crippen LogP contribution in [0.4, 0.5) is 5.82 Å². The summed E-state index contributed by atoms with van der Waals surface area (Å²) < 4.78 is 0. The van der Waals surface area contributed by atoms with Crippen LogP contribution in [0, 0.1) is 5.92 Å². The topological polar surface area (TPSA) is 66.9 Å². The fraction of sp³-hybridized carbons (Fsp3) is 0.545. The zero-order chi connectivity index (χ0) is 11.5. The molecule has 0 aromatic carbocycles. The summed E-state index contributed by atoms with van der Waals surface area (Å²) in [4.78, 5) is 19.9. The average Bonchev–Trinajstić information content (AvgIpc) is 3.13. The second kappa shape index (κ2) is 4.47. The first-order chi connectivity index (χ1) is 7.70. The molecule has 5 nitrogen and oxygen atoms in total. The highest BCUT2D eigenvalue weighted by atomic mass is 16.1. The lowest BCUT2D eigenvalue weighted by Crippen LogP contribution is -2.34. The highest BCUT2D eigenvalue weighted by Gasteiger charge is 2.29. The molecule has 0 aliphatic heterocycles. The maximum absolute atomic E-state index is 11.8. The molecule has 0 radical (unpaired) electrons. The van der Waals surface area contributed by atoms with Crippen molar-refractivity contribution in [2.45, 2.75) is 25.8 Å². The molecule has 16 heavy (non-hydrogen) atoms. The minimum absolute atomic E-state index is 0.149. The minimum atomic E-state index is -0.149. The van der Waals surface area contributed by atoms with Gasteiger partial charge in [-0.2, -0.15) is 0 Å². The second-order valence-electron chi connectivity index (χ2n) is 4.14. The molecule has 0 spiro atoms. The van der Waals surface area contributed by atoms with E-state index in [0.29, 0.717) is 17.4 Å². The van der Waals surface area contributed by atoms with E-state index in [1.165, 1.54) is 19.0 Å². The van der Waals surface area contributed by atoms with Crippen LogP contribution in [0.25, 0.3) is 0 Å². The van der Waals surface area contributed by atoms with Crippen LogP contribution >= 0.6 is 0 Å². The standard InChI is InChI=1S/C11H16N4O/c1-7(8-3-4-8)14-11(16)9-5-13-6-10(12-2)15-9/h5-8H,3-4H2,1-2H3,(H,12,15)(H,14,16). The van der Waals surface area contributed by atoms with Crippen molar-refractivity contribution in [1.82, 2.24) is 15.3 Å². The lowest BCUT2D eigenvalue weighted by molar-refractivity contribution is 0.0930. The van der Waals surface area contributed by atoms with E-state index in [0.717, 1.165) is 0 Å². The quantitative estimate of drug-likeness (QED) is 0.795. The van der Waals surface area contributed by atoms with Gasteiger partial charge >= 0.3 is 0 Å². The maximum Gasteiger partial charge on any atom is 0.271 e. The Labute approximate surface area is 94.7 Å². The molecule has 1 aliphatic carbocycles. The van der Waals surface area contributed by atoms with Gasteiger partial charge < -0.3 is 10.6 Å². The first-order valence-electron chi connectivity index (χ1n) is 5.51. The van der Waals surface area contributed by atoms with Gasteiger partial charge in [0.1, 0.15) is 11.5 Å². The SMILES string of the molecule is CNc1cncc(C(=O)NC(C)C2CC2)n1. The van der Waals surface area contributed by atoms with Crippen LogP contribution < -0.4 is 10.6 Å². The average molecular weight is 220 g/mol. The predicted molar refractivity (Wildman–Crippen MR) is 61.2 cm³/mol.